The summed E-state index contributed by atoms with van der Waals surface area (Å²) in [7, 11) is 0. The Bertz CT molecular complexity index is 1750. The first-order valence-corrected chi connectivity index (χ1v) is 17.1. The van der Waals surface area contributed by atoms with Crippen LogP contribution in [0.2, 0.25) is 0 Å². The molecule has 3 heterocycles. The van der Waals surface area contributed by atoms with Gasteiger partial charge in [0, 0.05) is 29.5 Å². The number of anilines is 1. The summed E-state index contributed by atoms with van der Waals surface area (Å²) in [6, 6.07) is 14.3. The topological polar surface area (TPSA) is 119 Å². The van der Waals surface area contributed by atoms with Gasteiger partial charge < -0.3 is 25.0 Å². The highest BCUT2D eigenvalue weighted by Crippen LogP contribution is 2.40. The van der Waals surface area contributed by atoms with Crippen LogP contribution in [0.3, 0.4) is 0 Å². The molecular formula is C37H43F3N4O6. The molecule has 2 N–H and O–H groups in total. The van der Waals surface area contributed by atoms with E-state index >= 15 is 0 Å². The number of nitrogens with one attached hydrogen (secondary N) is 2. The third kappa shape index (κ3) is 6.78. The molecule has 0 bridgehead atoms. The number of halogens is 3. The average molecular weight is 697 g/mol. The van der Waals surface area contributed by atoms with Crippen molar-refractivity contribution in [1.82, 2.24) is 14.8 Å². The summed E-state index contributed by atoms with van der Waals surface area (Å²) in [6.45, 7) is 2.37. The van der Waals surface area contributed by atoms with Crippen LogP contribution >= 0.6 is 0 Å². The molecule has 50 heavy (non-hydrogen) atoms. The fraction of sp³-hybridized carbons (Fsp3) is 0.514. The molecule has 1 saturated carbocycles. The van der Waals surface area contributed by atoms with Gasteiger partial charge in [-0.25, -0.2) is 22.8 Å². The summed E-state index contributed by atoms with van der Waals surface area (Å²) in [5, 5.41) is 6.10. The lowest BCUT2D eigenvalue weighted by Gasteiger charge is -2.36. The van der Waals surface area contributed by atoms with Crippen LogP contribution in [0.5, 0.6) is 0 Å². The van der Waals surface area contributed by atoms with Gasteiger partial charge in [0.1, 0.15) is 24.0 Å². The molecule has 3 amide bonds. The zero-order chi connectivity index (χ0) is 35.8. The number of fused-ring (bicyclic) bond motifs is 3. The second-order valence-electron chi connectivity index (χ2n) is 14.5. The van der Waals surface area contributed by atoms with Crippen LogP contribution in [0, 0.1) is 11.8 Å². The van der Waals surface area contributed by atoms with Crippen LogP contribution in [-0.2, 0) is 24.8 Å². The largest absolute Gasteiger partial charge is 0.444 e. The van der Waals surface area contributed by atoms with Crippen molar-refractivity contribution in [2.45, 2.75) is 82.2 Å². The van der Waals surface area contributed by atoms with Crippen molar-refractivity contribution in [1.29, 1.82) is 0 Å². The van der Waals surface area contributed by atoms with Gasteiger partial charge in [-0.3, -0.25) is 14.2 Å². The lowest BCUT2D eigenvalue weighted by atomic mass is 9.78. The number of alkyl halides is 3. The zero-order valence-electron chi connectivity index (χ0n) is 28.4. The fourth-order valence-corrected chi connectivity index (χ4v) is 7.74. The van der Waals surface area contributed by atoms with Crippen molar-refractivity contribution in [3.05, 3.63) is 65.9 Å². The minimum Gasteiger partial charge on any atom is -0.444 e. The van der Waals surface area contributed by atoms with Gasteiger partial charge in [0.15, 0.2) is 13.3 Å². The molecule has 2 aliphatic heterocycles. The van der Waals surface area contributed by atoms with Crippen molar-refractivity contribution in [3.8, 4) is 0 Å². The lowest BCUT2D eigenvalue weighted by molar-refractivity contribution is -0.141. The van der Waals surface area contributed by atoms with Gasteiger partial charge >= 0.3 is 12.1 Å². The SMILES string of the molecule is CC(C)(C)OC(=O)N[C@H](CF)C1CCC(C(=O)N2CC[C@H](c3ccccc3)[C@H]2C(=O)Nc2ccc3c(c2)cc2n3C(CF)(CF)OC2=O)CC1. The van der Waals surface area contributed by atoms with Crippen LogP contribution in [0.1, 0.15) is 74.8 Å². The number of carbonyl (C=O) groups excluding carboxylic acids is 4. The van der Waals surface area contributed by atoms with Crippen LogP contribution in [-0.4, -0.2) is 77.6 Å². The number of amides is 3. The number of esters is 1. The average Bonchev–Trinajstić information content (AvgIpc) is 3.79. The maximum Gasteiger partial charge on any atom is 0.407 e. The number of carbonyl (C=O) groups is 4. The highest BCUT2D eigenvalue weighted by molar-refractivity contribution is 6.02. The molecule has 1 aromatic heterocycles. The van der Waals surface area contributed by atoms with Crippen LogP contribution in [0.4, 0.5) is 23.7 Å². The number of likely N-dealkylation sites (tertiary alicyclic amines) is 1. The van der Waals surface area contributed by atoms with E-state index in [4.69, 9.17) is 9.47 Å². The standard InChI is InChI=1S/C37H43F3N4O6/c1-36(2,3)50-35(48)42-28(19-38)23-9-11-24(12-10-23)33(46)43-16-15-27(22-7-5-4-6-8-22)31(43)32(45)41-26-13-14-29-25(17-26)18-30-34(47)49-37(20-39,21-40)44(29)30/h4-8,13-14,17-18,23-24,27-28,31H,9-12,15-16,19-21H2,1-3H3,(H,41,45)(H,42,48)/t23?,24?,27-,28-,31+/m1/s1. The van der Waals surface area contributed by atoms with Gasteiger partial charge in [-0.1, -0.05) is 30.3 Å². The molecule has 6 rings (SSSR count). The van der Waals surface area contributed by atoms with E-state index < -0.39 is 55.5 Å². The number of alkyl carbamates (subject to hydrolysis) is 1. The normalized spacial score (nSPS) is 23.6. The van der Waals surface area contributed by atoms with Gasteiger partial charge in [0.25, 0.3) is 0 Å². The Balaban J connectivity index is 1.18. The summed E-state index contributed by atoms with van der Waals surface area (Å²) in [5.74, 6) is -2.13. The summed E-state index contributed by atoms with van der Waals surface area (Å²) >= 11 is 0. The Labute approximate surface area is 288 Å². The molecule has 0 spiro atoms. The van der Waals surface area contributed by atoms with Crippen LogP contribution in [0.15, 0.2) is 54.6 Å². The van der Waals surface area contributed by atoms with Gasteiger partial charge in [-0.15, -0.1) is 0 Å². The highest BCUT2D eigenvalue weighted by atomic mass is 19.1. The molecular weight excluding hydrogens is 653 g/mol. The van der Waals surface area contributed by atoms with Gasteiger partial charge in [-0.05, 0) is 88.6 Å². The Hall–Kier alpha value is -4.55. The Morgan fingerprint density at radius 2 is 1.68 bits per heavy atom. The van der Waals surface area contributed by atoms with E-state index in [0.717, 1.165) is 5.56 Å². The molecule has 2 aromatic carbocycles. The van der Waals surface area contributed by atoms with E-state index in [-0.39, 0.29) is 35.3 Å². The van der Waals surface area contributed by atoms with Crippen molar-refractivity contribution < 1.29 is 41.8 Å². The fourth-order valence-electron chi connectivity index (χ4n) is 7.74. The maximum atomic E-state index is 14.1. The summed E-state index contributed by atoms with van der Waals surface area (Å²) in [5.41, 5.74) is -1.05. The third-order valence-corrected chi connectivity index (χ3v) is 10.1. The predicted molar refractivity (Wildman–Crippen MR) is 180 cm³/mol. The van der Waals surface area contributed by atoms with E-state index in [2.05, 4.69) is 10.6 Å². The van der Waals surface area contributed by atoms with Crippen molar-refractivity contribution in [3.63, 3.8) is 0 Å². The third-order valence-electron chi connectivity index (χ3n) is 10.1. The monoisotopic (exact) mass is 696 g/mol. The number of hydrogen-bond acceptors (Lipinski definition) is 6. The number of aromatic nitrogens is 1. The first kappa shape index (κ1) is 35.3. The van der Waals surface area contributed by atoms with Crippen molar-refractivity contribution in [2.24, 2.45) is 11.8 Å². The number of hydrogen-bond donors (Lipinski definition) is 2. The van der Waals surface area contributed by atoms with Crippen LogP contribution < -0.4 is 10.6 Å². The number of benzene rings is 2. The summed E-state index contributed by atoms with van der Waals surface area (Å²) in [4.78, 5) is 54.6. The molecule has 1 saturated heterocycles. The quantitative estimate of drug-likeness (QED) is 0.250. The molecule has 1 aliphatic carbocycles. The van der Waals surface area contributed by atoms with Crippen molar-refractivity contribution in [2.75, 3.05) is 31.9 Å². The molecule has 0 unspecified atom stereocenters. The first-order chi connectivity index (χ1) is 23.9. The molecule has 3 atom stereocenters. The molecule has 13 heteroatoms. The number of rotatable bonds is 9. The molecule has 10 nitrogen and oxygen atoms in total. The minimum absolute atomic E-state index is 0.0173. The first-order valence-electron chi connectivity index (χ1n) is 17.1. The molecule has 2 fully saturated rings. The minimum atomic E-state index is -2.06. The Kier molecular flexibility index (Phi) is 9.87. The van der Waals surface area contributed by atoms with E-state index in [1.807, 2.05) is 30.3 Å². The highest BCUT2D eigenvalue weighted by Gasteiger charge is 2.48. The summed E-state index contributed by atoms with van der Waals surface area (Å²) in [6.07, 6.45) is 1.97. The smallest absolute Gasteiger partial charge is 0.407 e. The Morgan fingerprint density at radius 3 is 2.32 bits per heavy atom. The number of ether oxygens (including phenoxy) is 2. The second-order valence-corrected chi connectivity index (χ2v) is 14.5. The van der Waals surface area contributed by atoms with Crippen LogP contribution in [0.25, 0.3) is 10.9 Å². The molecule has 3 aliphatic rings. The van der Waals surface area contributed by atoms with E-state index in [1.165, 1.54) is 10.6 Å². The molecule has 3 aromatic rings. The van der Waals surface area contributed by atoms with E-state index in [0.29, 0.717) is 55.2 Å². The van der Waals surface area contributed by atoms with E-state index in [9.17, 15) is 32.3 Å². The van der Waals surface area contributed by atoms with Crippen molar-refractivity contribution >= 4 is 40.5 Å². The second kappa shape index (κ2) is 14.0. The van der Waals surface area contributed by atoms with Gasteiger partial charge in [0.2, 0.25) is 17.5 Å². The molecule has 268 valence electrons. The molecule has 0 radical (unpaired) electrons. The number of cyclic esters (lactones) is 1. The zero-order valence-corrected chi connectivity index (χ0v) is 28.4. The van der Waals surface area contributed by atoms with Gasteiger partial charge in [-0.2, -0.15) is 0 Å². The van der Waals surface area contributed by atoms with Gasteiger partial charge in [0.05, 0.1) is 11.6 Å². The number of nitrogens with zero attached hydrogens (tertiary/aromatic N) is 2. The Morgan fingerprint density at radius 1 is 0.980 bits per heavy atom. The summed E-state index contributed by atoms with van der Waals surface area (Å²) < 4.78 is 53.5. The van der Waals surface area contributed by atoms with E-state index in [1.54, 1.807) is 43.9 Å². The maximum absolute atomic E-state index is 14.1. The predicted octanol–water partition coefficient (Wildman–Crippen LogP) is 6.40. The lowest BCUT2D eigenvalue weighted by Crippen LogP contribution is -2.49.